The number of rotatable bonds is 5. The van der Waals surface area contributed by atoms with Gasteiger partial charge in [0.15, 0.2) is 6.61 Å². The molecule has 0 radical (unpaired) electrons. The van der Waals surface area contributed by atoms with Crippen LogP contribution in [-0.4, -0.2) is 42.4 Å². The minimum atomic E-state index is -1.18. The minimum absolute atomic E-state index is 0.137. The first-order valence-electron chi connectivity index (χ1n) is 9.23. The van der Waals surface area contributed by atoms with Crippen LogP contribution in [0.25, 0.3) is 0 Å². The molecule has 3 rings (SSSR count). The Morgan fingerprint density at radius 2 is 1.84 bits per heavy atom. The van der Waals surface area contributed by atoms with E-state index in [1.165, 1.54) is 23.1 Å². The van der Waals surface area contributed by atoms with Crippen LogP contribution in [0.2, 0.25) is 10.0 Å². The van der Waals surface area contributed by atoms with Crippen molar-refractivity contribution in [2.75, 3.05) is 23.4 Å². The standard InChI is InChI=1S/C21H19Cl2N3O5/c1-21(2)20(30)25-15-5-3-4-6-16(15)26(21)17(27)11-31-18(28)10-24-19(29)13-8-7-12(22)9-14(13)23/h3-9H,10-11H2,1-2H3,(H,24,29)(H,25,30). The van der Waals surface area contributed by atoms with E-state index in [2.05, 4.69) is 10.6 Å². The van der Waals surface area contributed by atoms with Crippen LogP contribution in [0.4, 0.5) is 11.4 Å². The third-order valence-corrected chi connectivity index (χ3v) is 5.23. The van der Waals surface area contributed by atoms with Crippen molar-refractivity contribution < 1.29 is 23.9 Å². The zero-order valence-corrected chi connectivity index (χ0v) is 18.2. The molecule has 2 aromatic carbocycles. The average Bonchev–Trinajstić information content (AvgIpc) is 2.71. The smallest absolute Gasteiger partial charge is 0.325 e. The fourth-order valence-electron chi connectivity index (χ4n) is 3.08. The molecule has 0 unspecified atom stereocenters. The summed E-state index contributed by atoms with van der Waals surface area (Å²) in [6, 6.07) is 11.2. The van der Waals surface area contributed by atoms with Crippen LogP contribution in [0, 0.1) is 0 Å². The van der Waals surface area contributed by atoms with Crippen molar-refractivity contribution in [1.29, 1.82) is 0 Å². The van der Waals surface area contributed by atoms with Gasteiger partial charge in [-0.25, -0.2) is 0 Å². The highest BCUT2D eigenvalue weighted by Gasteiger charge is 2.43. The van der Waals surface area contributed by atoms with Gasteiger partial charge in [-0.3, -0.25) is 24.1 Å². The number of hydrogen-bond donors (Lipinski definition) is 2. The fourth-order valence-corrected chi connectivity index (χ4v) is 3.57. The Morgan fingerprint density at radius 1 is 1.13 bits per heavy atom. The zero-order valence-electron chi connectivity index (χ0n) is 16.7. The lowest BCUT2D eigenvalue weighted by Crippen LogP contribution is -2.59. The molecule has 3 amide bonds. The fraction of sp³-hybridized carbons (Fsp3) is 0.238. The Balaban J connectivity index is 1.60. The predicted octanol–water partition coefficient (Wildman–Crippen LogP) is 3.03. The lowest BCUT2D eigenvalue weighted by molar-refractivity contribution is -0.147. The highest BCUT2D eigenvalue weighted by atomic mass is 35.5. The van der Waals surface area contributed by atoms with Gasteiger partial charge >= 0.3 is 5.97 Å². The molecule has 10 heteroatoms. The van der Waals surface area contributed by atoms with E-state index >= 15 is 0 Å². The number of carbonyl (C=O) groups is 4. The van der Waals surface area contributed by atoms with Gasteiger partial charge in [-0.05, 0) is 44.2 Å². The lowest BCUT2D eigenvalue weighted by Gasteiger charge is -2.41. The van der Waals surface area contributed by atoms with Crippen molar-refractivity contribution in [2.24, 2.45) is 0 Å². The van der Waals surface area contributed by atoms with E-state index in [0.29, 0.717) is 16.4 Å². The second kappa shape index (κ2) is 8.95. The number of nitrogens with one attached hydrogen (secondary N) is 2. The Hall–Kier alpha value is -3.10. The Kier molecular flexibility index (Phi) is 6.52. The molecule has 0 aromatic heterocycles. The summed E-state index contributed by atoms with van der Waals surface area (Å²) in [6.07, 6.45) is 0. The Labute approximate surface area is 188 Å². The molecule has 0 atom stereocenters. The molecule has 0 bridgehead atoms. The van der Waals surface area contributed by atoms with Crippen LogP contribution in [0.15, 0.2) is 42.5 Å². The number of benzene rings is 2. The van der Waals surface area contributed by atoms with Crippen molar-refractivity contribution in [3.05, 3.63) is 58.1 Å². The molecule has 0 fully saturated rings. The summed E-state index contributed by atoms with van der Waals surface area (Å²) in [5.74, 6) is -2.35. The van der Waals surface area contributed by atoms with Gasteiger partial charge in [0.05, 0.1) is 22.0 Å². The number of amides is 3. The molecule has 1 heterocycles. The maximum absolute atomic E-state index is 12.8. The quantitative estimate of drug-likeness (QED) is 0.662. The number of hydrogen-bond acceptors (Lipinski definition) is 5. The number of carbonyl (C=O) groups excluding carboxylic acids is 4. The van der Waals surface area contributed by atoms with Crippen LogP contribution in [0.3, 0.4) is 0 Å². The van der Waals surface area contributed by atoms with Crippen LogP contribution in [-0.2, 0) is 19.1 Å². The molecule has 2 aromatic rings. The second-order valence-electron chi connectivity index (χ2n) is 7.23. The second-order valence-corrected chi connectivity index (χ2v) is 8.07. The lowest BCUT2D eigenvalue weighted by atomic mass is 9.96. The molecule has 0 saturated carbocycles. The van der Waals surface area contributed by atoms with E-state index in [4.69, 9.17) is 27.9 Å². The van der Waals surface area contributed by atoms with Gasteiger partial charge in [0.2, 0.25) is 5.91 Å². The maximum atomic E-state index is 12.8. The average molecular weight is 464 g/mol. The van der Waals surface area contributed by atoms with Crippen molar-refractivity contribution in [3.63, 3.8) is 0 Å². The van der Waals surface area contributed by atoms with E-state index in [1.807, 2.05) is 0 Å². The van der Waals surface area contributed by atoms with Gasteiger partial charge in [-0.15, -0.1) is 0 Å². The van der Waals surface area contributed by atoms with Crippen molar-refractivity contribution in [3.8, 4) is 0 Å². The van der Waals surface area contributed by atoms with E-state index in [0.717, 1.165) is 0 Å². The number of anilines is 2. The van der Waals surface area contributed by atoms with Crippen LogP contribution in [0.5, 0.6) is 0 Å². The molecule has 1 aliphatic heterocycles. The molecule has 0 spiro atoms. The molecular formula is C21H19Cl2N3O5. The van der Waals surface area contributed by atoms with Crippen LogP contribution in [0.1, 0.15) is 24.2 Å². The topological polar surface area (TPSA) is 105 Å². The van der Waals surface area contributed by atoms with Crippen molar-refractivity contribution in [2.45, 2.75) is 19.4 Å². The maximum Gasteiger partial charge on any atom is 0.325 e. The first-order chi connectivity index (χ1) is 14.6. The normalized spacial score (nSPS) is 14.3. The summed E-state index contributed by atoms with van der Waals surface area (Å²) >= 11 is 11.8. The number of para-hydroxylation sites is 2. The molecule has 1 aliphatic rings. The first-order valence-corrected chi connectivity index (χ1v) is 9.99. The molecule has 0 saturated heterocycles. The van der Waals surface area contributed by atoms with Crippen LogP contribution < -0.4 is 15.5 Å². The molecule has 2 N–H and O–H groups in total. The predicted molar refractivity (Wildman–Crippen MR) is 116 cm³/mol. The third kappa shape index (κ3) is 4.81. The molecule has 162 valence electrons. The van der Waals surface area contributed by atoms with Crippen molar-refractivity contribution >= 4 is 58.3 Å². The van der Waals surface area contributed by atoms with E-state index in [9.17, 15) is 19.2 Å². The van der Waals surface area contributed by atoms with Gasteiger partial charge in [0, 0.05) is 5.02 Å². The molecule has 8 nitrogen and oxygen atoms in total. The SMILES string of the molecule is CC1(C)C(=O)Nc2ccccc2N1C(=O)COC(=O)CNC(=O)c1ccc(Cl)cc1Cl. The minimum Gasteiger partial charge on any atom is -0.454 e. The summed E-state index contributed by atoms with van der Waals surface area (Å²) in [7, 11) is 0. The molecule has 31 heavy (non-hydrogen) atoms. The largest absolute Gasteiger partial charge is 0.454 e. The summed E-state index contributed by atoms with van der Waals surface area (Å²) < 4.78 is 5.01. The monoisotopic (exact) mass is 463 g/mol. The van der Waals surface area contributed by atoms with Gasteiger partial charge in [-0.2, -0.15) is 0 Å². The van der Waals surface area contributed by atoms with Gasteiger partial charge in [0.25, 0.3) is 11.8 Å². The third-order valence-electron chi connectivity index (χ3n) is 4.68. The van der Waals surface area contributed by atoms with Gasteiger partial charge in [-0.1, -0.05) is 35.3 Å². The highest BCUT2D eigenvalue weighted by molar-refractivity contribution is 6.36. The summed E-state index contributed by atoms with van der Waals surface area (Å²) in [4.78, 5) is 50.7. The zero-order chi connectivity index (χ0) is 22.8. The van der Waals surface area contributed by atoms with E-state index in [1.54, 1.807) is 38.1 Å². The summed E-state index contributed by atoms with van der Waals surface area (Å²) in [5, 5.41) is 5.63. The first kappa shape index (κ1) is 22.6. The van der Waals surface area contributed by atoms with Crippen molar-refractivity contribution in [1.82, 2.24) is 5.32 Å². The van der Waals surface area contributed by atoms with E-state index in [-0.39, 0.29) is 16.5 Å². The van der Waals surface area contributed by atoms with Gasteiger partial charge < -0.3 is 15.4 Å². The highest BCUT2D eigenvalue weighted by Crippen LogP contribution is 2.36. The summed E-state index contributed by atoms with van der Waals surface area (Å²) in [5.41, 5.74) is -0.0534. The van der Waals surface area contributed by atoms with Gasteiger partial charge in [0.1, 0.15) is 12.1 Å². The number of fused-ring (bicyclic) bond motifs is 1. The van der Waals surface area contributed by atoms with E-state index < -0.39 is 36.5 Å². The number of halogens is 2. The number of nitrogens with zero attached hydrogens (tertiary/aromatic N) is 1. The number of esters is 1. The molecule has 0 aliphatic carbocycles. The molecular weight excluding hydrogens is 445 g/mol. The summed E-state index contributed by atoms with van der Waals surface area (Å²) in [6.45, 7) is 2.12. The number of ether oxygens (including phenoxy) is 1. The Bertz CT molecular complexity index is 1070. The van der Waals surface area contributed by atoms with Crippen LogP contribution >= 0.6 is 23.2 Å². The Morgan fingerprint density at radius 3 is 2.55 bits per heavy atom.